The molecule has 1 heterocycles. The van der Waals surface area contributed by atoms with Gasteiger partial charge >= 0.3 is 12.5 Å². The molecule has 0 atom stereocenters. The number of pyridine rings is 1. The van der Waals surface area contributed by atoms with Crippen LogP contribution >= 0.6 is 15.9 Å². The van der Waals surface area contributed by atoms with Crippen molar-refractivity contribution in [3.63, 3.8) is 0 Å². The fraction of sp³-hybridized carbons (Fsp3) is 0.286. The van der Waals surface area contributed by atoms with Crippen LogP contribution in [0.2, 0.25) is 0 Å². The van der Waals surface area contributed by atoms with E-state index in [9.17, 15) is 26.3 Å². The monoisotopic (exact) mass is 309 g/mol. The average molecular weight is 310 g/mol. The summed E-state index contributed by atoms with van der Waals surface area (Å²) in [5.41, 5.74) is -1.17. The second kappa shape index (κ2) is 4.11. The normalized spacial score (nSPS) is 12.7. The molecule has 0 saturated heterocycles. The van der Waals surface area contributed by atoms with Gasteiger partial charge < -0.3 is 4.74 Å². The molecule has 0 aliphatic carbocycles. The molecule has 9 heteroatoms. The number of aromatic nitrogens is 1. The van der Waals surface area contributed by atoms with Gasteiger partial charge in [0.2, 0.25) is 5.88 Å². The van der Waals surface area contributed by atoms with Crippen molar-refractivity contribution in [3.05, 3.63) is 22.3 Å². The predicted octanol–water partition coefficient (Wildman–Crippen LogP) is 3.76. The van der Waals surface area contributed by atoms with Crippen LogP contribution < -0.4 is 4.74 Å². The summed E-state index contributed by atoms with van der Waals surface area (Å²) in [5, 5.41) is 0. The zero-order chi connectivity index (χ0) is 12.6. The summed E-state index contributed by atoms with van der Waals surface area (Å²) in [6, 6.07) is 0.452. The summed E-state index contributed by atoms with van der Waals surface area (Å²) in [5.74, 6) is -0.972. The molecule has 1 aromatic rings. The van der Waals surface area contributed by atoms with Crippen LogP contribution in [0.1, 0.15) is 5.56 Å². The largest absolute Gasteiger partial charge is 0.574 e. The molecule has 90 valence electrons. The predicted molar refractivity (Wildman–Crippen MR) is 43.6 cm³/mol. The summed E-state index contributed by atoms with van der Waals surface area (Å²) in [7, 11) is 0. The van der Waals surface area contributed by atoms with Gasteiger partial charge in [0.1, 0.15) is 0 Å². The van der Waals surface area contributed by atoms with E-state index in [0.717, 1.165) is 0 Å². The van der Waals surface area contributed by atoms with Crippen molar-refractivity contribution < 1.29 is 31.1 Å². The van der Waals surface area contributed by atoms with Gasteiger partial charge in [-0.1, -0.05) is 0 Å². The van der Waals surface area contributed by atoms with E-state index < -0.39 is 28.5 Å². The third-order valence-corrected chi connectivity index (χ3v) is 1.92. The minimum absolute atomic E-state index is 0.256. The molecule has 0 aliphatic heterocycles. The number of nitrogens with zero attached hydrogens (tertiary/aromatic N) is 1. The first-order valence-electron chi connectivity index (χ1n) is 3.58. The van der Waals surface area contributed by atoms with Crippen molar-refractivity contribution in [1.29, 1.82) is 0 Å². The molecule has 0 radical (unpaired) electrons. The van der Waals surface area contributed by atoms with Crippen molar-refractivity contribution in [1.82, 2.24) is 4.98 Å². The zero-order valence-electron chi connectivity index (χ0n) is 7.16. The molecule has 0 aliphatic rings. The van der Waals surface area contributed by atoms with Gasteiger partial charge in [-0.15, -0.1) is 13.2 Å². The fourth-order valence-corrected chi connectivity index (χ4v) is 1.20. The first kappa shape index (κ1) is 13.1. The molecule has 0 fully saturated rings. The lowest BCUT2D eigenvalue weighted by Gasteiger charge is -2.11. The van der Waals surface area contributed by atoms with Crippen LogP contribution in [-0.2, 0) is 6.18 Å². The van der Waals surface area contributed by atoms with Crippen LogP contribution in [0.5, 0.6) is 5.88 Å². The fourth-order valence-electron chi connectivity index (χ4n) is 0.765. The molecule has 0 amide bonds. The molecule has 0 aromatic carbocycles. The van der Waals surface area contributed by atoms with Gasteiger partial charge in [0, 0.05) is 6.20 Å². The number of rotatable bonds is 1. The van der Waals surface area contributed by atoms with Crippen molar-refractivity contribution in [2.45, 2.75) is 12.5 Å². The summed E-state index contributed by atoms with van der Waals surface area (Å²) < 4.78 is 74.4. The van der Waals surface area contributed by atoms with Crippen molar-refractivity contribution >= 4 is 15.9 Å². The van der Waals surface area contributed by atoms with Crippen LogP contribution in [-0.4, -0.2) is 11.3 Å². The van der Waals surface area contributed by atoms with Crippen molar-refractivity contribution in [2.75, 3.05) is 0 Å². The molecule has 0 bridgehead atoms. The van der Waals surface area contributed by atoms with Crippen molar-refractivity contribution in [3.8, 4) is 5.88 Å². The van der Waals surface area contributed by atoms with Crippen LogP contribution in [0, 0.1) is 0 Å². The average Bonchev–Trinajstić information content (AvgIpc) is 2.04. The molecular weight excluding hydrogens is 308 g/mol. The molecule has 1 aromatic heterocycles. The van der Waals surface area contributed by atoms with E-state index in [0.29, 0.717) is 6.07 Å². The Hall–Kier alpha value is -0.990. The van der Waals surface area contributed by atoms with Crippen LogP contribution in [0.4, 0.5) is 26.3 Å². The lowest BCUT2D eigenvalue weighted by atomic mass is 10.3. The van der Waals surface area contributed by atoms with E-state index in [1.807, 2.05) is 0 Å². The van der Waals surface area contributed by atoms with Crippen LogP contribution in [0.3, 0.4) is 0 Å². The highest BCUT2D eigenvalue weighted by Crippen LogP contribution is 2.34. The van der Waals surface area contributed by atoms with E-state index in [2.05, 4.69) is 25.7 Å². The first-order valence-corrected chi connectivity index (χ1v) is 4.37. The third-order valence-electron chi connectivity index (χ3n) is 1.35. The summed E-state index contributed by atoms with van der Waals surface area (Å²) >= 11 is 2.50. The van der Waals surface area contributed by atoms with Gasteiger partial charge in [0.05, 0.1) is 10.0 Å². The smallest absolute Gasteiger partial charge is 0.387 e. The molecule has 2 nitrogen and oxygen atoms in total. The van der Waals surface area contributed by atoms with Crippen LogP contribution in [0.25, 0.3) is 0 Å². The molecule has 0 unspecified atom stereocenters. The quantitative estimate of drug-likeness (QED) is 0.737. The molecule has 0 saturated carbocycles. The second-order valence-electron chi connectivity index (χ2n) is 2.56. The van der Waals surface area contributed by atoms with Gasteiger partial charge in [-0.25, -0.2) is 4.98 Å². The van der Waals surface area contributed by atoms with Gasteiger partial charge in [-0.05, 0) is 22.0 Å². The van der Waals surface area contributed by atoms with E-state index >= 15 is 0 Å². The Morgan fingerprint density at radius 1 is 1.12 bits per heavy atom. The lowest BCUT2D eigenvalue weighted by Crippen LogP contribution is -2.18. The minimum atomic E-state index is -5.00. The summed E-state index contributed by atoms with van der Waals surface area (Å²) in [4.78, 5) is 2.92. The topological polar surface area (TPSA) is 22.1 Å². The lowest BCUT2D eigenvalue weighted by molar-refractivity contribution is -0.276. The number of ether oxygens (including phenoxy) is 1. The summed E-state index contributed by atoms with van der Waals surface area (Å²) in [6.07, 6.45) is -9.42. The van der Waals surface area contributed by atoms with Gasteiger partial charge in [0.25, 0.3) is 0 Å². The Bertz CT molecular complexity index is 387. The Morgan fingerprint density at radius 2 is 1.69 bits per heavy atom. The van der Waals surface area contributed by atoms with Crippen molar-refractivity contribution in [2.24, 2.45) is 0 Å². The number of alkyl halides is 6. The molecule has 0 spiro atoms. The van der Waals surface area contributed by atoms with Crippen LogP contribution in [0.15, 0.2) is 16.7 Å². The van der Waals surface area contributed by atoms with Gasteiger partial charge in [0.15, 0.2) is 0 Å². The summed E-state index contributed by atoms with van der Waals surface area (Å²) in [6.45, 7) is 0. The zero-order valence-corrected chi connectivity index (χ0v) is 8.74. The number of halogens is 7. The van der Waals surface area contributed by atoms with E-state index in [4.69, 9.17) is 0 Å². The maximum atomic E-state index is 12.1. The van der Waals surface area contributed by atoms with Gasteiger partial charge in [-0.2, -0.15) is 13.2 Å². The maximum absolute atomic E-state index is 12.1. The standard InChI is InChI=1S/C7H2BrF6NO/c8-4-1-3(6(9,10)11)2-15-5(4)16-7(12,13)14/h1-2H. The highest BCUT2D eigenvalue weighted by Gasteiger charge is 2.35. The second-order valence-corrected chi connectivity index (χ2v) is 3.41. The Kier molecular flexibility index (Phi) is 3.36. The SMILES string of the molecule is FC(F)(F)Oc1ncc(C(F)(F)F)cc1Br. The van der Waals surface area contributed by atoms with E-state index in [1.165, 1.54) is 0 Å². The first-order chi connectivity index (χ1) is 7.09. The highest BCUT2D eigenvalue weighted by molar-refractivity contribution is 9.10. The molecule has 16 heavy (non-hydrogen) atoms. The Balaban J connectivity index is 3.01. The molecular formula is C7H2BrF6NO. The van der Waals surface area contributed by atoms with Gasteiger partial charge in [-0.3, -0.25) is 0 Å². The van der Waals surface area contributed by atoms with E-state index in [1.54, 1.807) is 0 Å². The Morgan fingerprint density at radius 3 is 2.06 bits per heavy atom. The maximum Gasteiger partial charge on any atom is 0.574 e. The molecule has 1 rings (SSSR count). The molecule has 0 N–H and O–H groups in total. The van der Waals surface area contributed by atoms with E-state index in [-0.39, 0.29) is 6.20 Å². The number of hydrogen-bond donors (Lipinski definition) is 0. The Labute approximate surface area is 93.4 Å². The minimum Gasteiger partial charge on any atom is -0.387 e. The highest BCUT2D eigenvalue weighted by atomic mass is 79.9. The number of hydrogen-bond acceptors (Lipinski definition) is 2. The third kappa shape index (κ3) is 3.54.